The maximum atomic E-state index is 12.8. The quantitative estimate of drug-likeness (QED) is 0.0994. The first-order chi connectivity index (χ1) is 15.7. The number of nitrogens with one attached hydrogen (secondary N) is 3. The lowest BCUT2D eigenvalue weighted by Gasteiger charge is -2.23. The Labute approximate surface area is 195 Å². The van der Waals surface area contributed by atoms with Gasteiger partial charge in [0.1, 0.15) is 18.1 Å². The second-order valence-electron chi connectivity index (χ2n) is 8.15. The van der Waals surface area contributed by atoms with E-state index < -0.39 is 47.9 Å². The van der Waals surface area contributed by atoms with Gasteiger partial charge in [-0.25, -0.2) is 4.79 Å². The summed E-state index contributed by atoms with van der Waals surface area (Å²) < 4.78 is 0. The summed E-state index contributed by atoms with van der Waals surface area (Å²) in [5.74, 6) is -2.79. The highest BCUT2D eigenvalue weighted by molar-refractivity contribution is 5.93. The first kappa shape index (κ1) is 30.7. The lowest BCUT2D eigenvalue weighted by molar-refractivity contribution is -0.142. The number of carboxylic acid groups (broad SMARTS) is 1. The molecule has 0 aromatic rings. The molecule has 12 N–H and O–H groups in total. The van der Waals surface area contributed by atoms with E-state index in [0.717, 1.165) is 6.42 Å². The number of aliphatic carboxylic acids is 1. The average molecular weight is 474 g/mol. The second-order valence-corrected chi connectivity index (χ2v) is 8.15. The minimum atomic E-state index is -1.16. The van der Waals surface area contributed by atoms with Crippen molar-refractivity contribution >= 4 is 23.7 Å². The van der Waals surface area contributed by atoms with Gasteiger partial charge in [0, 0.05) is 0 Å². The molecule has 4 atom stereocenters. The summed E-state index contributed by atoms with van der Waals surface area (Å²) in [6.07, 6.45) is 4.91. The summed E-state index contributed by atoms with van der Waals surface area (Å²) in [6.45, 7) is 2.83. The van der Waals surface area contributed by atoms with E-state index in [-0.39, 0.29) is 6.42 Å². The van der Waals surface area contributed by atoms with Gasteiger partial charge in [-0.05, 0) is 77.9 Å². The summed E-state index contributed by atoms with van der Waals surface area (Å²) in [7, 11) is 0. The van der Waals surface area contributed by atoms with E-state index in [0.29, 0.717) is 64.6 Å². The summed E-state index contributed by atoms with van der Waals surface area (Å²) in [4.78, 5) is 49.0. The van der Waals surface area contributed by atoms with E-state index in [1.165, 1.54) is 6.92 Å². The van der Waals surface area contributed by atoms with Gasteiger partial charge in [-0.2, -0.15) is 0 Å². The zero-order valence-electron chi connectivity index (χ0n) is 19.7. The number of unbranched alkanes of at least 4 members (excludes halogenated alkanes) is 3. The SMILES string of the molecule is CC(NC(=O)C(CCCCN)NC(=O)C(N)CCCCN)C(=O)NC(CCCCN)C(=O)O. The molecule has 3 amide bonds. The summed E-state index contributed by atoms with van der Waals surface area (Å²) in [6, 6.07) is -3.73. The molecule has 0 saturated carbocycles. The molecule has 0 aliphatic heterocycles. The van der Waals surface area contributed by atoms with Crippen molar-refractivity contribution in [3.05, 3.63) is 0 Å². The summed E-state index contributed by atoms with van der Waals surface area (Å²) in [5.41, 5.74) is 22.3. The molecule has 0 aliphatic carbocycles. The van der Waals surface area contributed by atoms with Crippen molar-refractivity contribution in [2.45, 2.75) is 88.9 Å². The molecule has 33 heavy (non-hydrogen) atoms. The standard InChI is InChI=1S/C21H43N7O5/c1-14(18(29)28-17(21(32)33)10-4-7-13-24)26-20(31)16(9-3-6-12-23)27-19(30)15(25)8-2-5-11-22/h14-17H,2-13,22-25H2,1H3,(H,26,31)(H,27,30)(H,28,29)(H,32,33). The van der Waals surface area contributed by atoms with Crippen LogP contribution in [0.25, 0.3) is 0 Å². The lowest BCUT2D eigenvalue weighted by Crippen LogP contribution is -2.56. The highest BCUT2D eigenvalue weighted by atomic mass is 16.4. The number of hydrogen-bond donors (Lipinski definition) is 8. The third-order valence-corrected chi connectivity index (χ3v) is 5.20. The minimum absolute atomic E-state index is 0.235. The number of carbonyl (C=O) groups excluding carboxylic acids is 3. The molecule has 0 heterocycles. The van der Waals surface area contributed by atoms with Gasteiger partial charge in [0.15, 0.2) is 0 Å². The molecule has 0 fully saturated rings. The molecule has 0 radical (unpaired) electrons. The van der Waals surface area contributed by atoms with Crippen molar-refractivity contribution < 1.29 is 24.3 Å². The van der Waals surface area contributed by atoms with Crippen LogP contribution in [0, 0.1) is 0 Å². The molecule has 0 saturated heterocycles. The van der Waals surface area contributed by atoms with Gasteiger partial charge in [0.05, 0.1) is 6.04 Å². The predicted octanol–water partition coefficient (Wildman–Crippen LogP) is -1.74. The van der Waals surface area contributed by atoms with Gasteiger partial charge >= 0.3 is 5.97 Å². The van der Waals surface area contributed by atoms with Crippen LogP contribution in [0.2, 0.25) is 0 Å². The number of hydrogen-bond acceptors (Lipinski definition) is 8. The van der Waals surface area contributed by atoms with E-state index >= 15 is 0 Å². The first-order valence-corrected chi connectivity index (χ1v) is 11.7. The topological polar surface area (TPSA) is 229 Å². The van der Waals surface area contributed by atoms with Crippen LogP contribution in [0.1, 0.15) is 64.7 Å². The van der Waals surface area contributed by atoms with Gasteiger partial charge in [0.2, 0.25) is 17.7 Å². The molecule has 4 unspecified atom stereocenters. The predicted molar refractivity (Wildman–Crippen MR) is 126 cm³/mol. The Morgan fingerprint density at radius 1 is 0.667 bits per heavy atom. The molecule has 192 valence electrons. The smallest absolute Gasteiger partial charge is 0.326 e. The summed E-state index contributed by atoms with van der Waals surface area (Å²) >= 11 is 0. The molecular weight excluding hydrogens is 430 g/mol. The van der Waals surface area contributed by atoms with Crippen molar-refractivity contribution in [2.24, 2.45) is 22.9 Å². The van der Waals surface area contributed by atoms with Crippen LogP contribution in [0.5, 0.6) is 0 Å². The number of nitrogens with two attached hydrogens (primary N) is 4. The van der Waals surface area contributed by atoms with Crippen LogP contribution in [0.4, 0.5) is 0 Å². The van der Waals surface area contributed by atoms with Crippen molar-refractivity contribution in [3.8, 4) is 0 Å². The average Bonchev–Trinajstić information content (AvgIpc) is 2.77. The van der Waals surface area contributed by atoms with Crippen LogP contribution in [-0.2, 0) is 19.2 Å². The minimum Gasteiger partial charge on any atom is -0.480 e. The third kappa shape index (κ3) is 13.8. The highest BCUT2D eigenvalue weighted by Crippen LogP contribution is 2.05. The monoisotopic (exact) mass is 473 g/mol. The normalized spacial score (nSPS) is 14.6. The zero-order chi connectivity index (χ0) is 25.2. The van der Waals surface area contributed by atoms with Crippen LogP contribution in [0.15, 0.2) is 0 Å². The third-order valence-electron chi connectivity index (χ3n) is 5.20. The lowest BCUT2D eigenvalue weighted by atomic mass is 10.1. The van der Waals surface area contributed by atoms with Gasteiger partial charge in [-0.15, -0.1) is 0 Å². The van der Waals surface area contributed by atoms with E-state index in [1.807, 2.05) is 0 Å². The zero-order valence-corrected chi connectivity index (χ0v) is 19.7. The summed E-state index contributed by atoms with van der Waals surface area (Å²) in [5, 5.41) is 16.9. The molecule has 0 aliphatic rings. The van der Waals surface area contributed by atoms with Crippen LogP contribution in [-0.4, -0.2) is 72.6 Å². The second kappa shape index (κ2) is 18.2. The number of carbonyl (C=O) groups is 4. The van der Waals surface area contributed by atoms with Crippen molar-refractivity contribution in [2.75, 3.05) is 19.6 Å². The van der Waals surface area contributed by atoms with Crippen LogP contribution < -0.4 is 38.9 Å². The molecule has 0 spiro atoms. The molecule has 0 bridgehead atoms. The first-order valence-electron chi connectivity index (χ1n) is 11.7. The largest absolute Gasteiger partial charge is 0.480 e. The van der Waals surface area contributed by atoms with E-state index in [9.17, 15) is 24.3 Å². The maximum absolute atomic E-state index is 12.8. The van der Waals surface area contributed by atoms with Crippen LogP contribution in [0.3, 0.4) is 0 Å². The van der Waals surface area contributed by atoms with Gasteiger partial charge in [0.25, 0.3) is 0 Å². The fourth-order valence-corrected chi connectivity index (χ4v) is 3.11. The van der Waals surface area contributed by atoms with Gasteiger partial charge < -0.3 is 44.0 Å². The van der Waals surface area contributed by atoms with E-state index in [2.05, 4.69) is 16.0 Å². The highest BCUT2D eigenvalue weighted by Gasteiger charge is 2.28. The Hall–Kier alpha value is -2.28. The van der Waals surface area contributed by atoms with Gasteiger partial charge in [-0.3, -0.25) is 14.4 Å². The van der Waals surface area contributed by atoms with Crippen LogP contribution >= 0.6 is 0 Å². The number of amides is 3. The Bertz CT molecular complexity index is 606. The maximum Gasteiger partial charge on any atom is 0.326 e. The fraction of sp³-hybridized carbons (Fsp3) is 0.810. The molecular formula is C21H43N7O5. The van der Waals surface area contributed by atoms with Crippen molar-refractivity contribution in [1.29, 1.82) is 0 Å². The van der Waals surface area contributed by atoms with E-state index in [4.69, 9.17) is 22.9 Å². The molecule has 0 aromatic carbocycles. The Kier molecular flexibility index (Phi) is 16.9. The Balaban J connectivity index is 4.97. The number of carboxylic acids is 1. The fourth-order valence-electron chi connectivity index (χ4n) is 3.11. The van der Waals surface area contributed by atoms with Crippen molar-refractivity contribution in [1.82, 2.24) is 16.0 Å². The molecule has 12 nitrogen and oxygen atoms in total. The Morgan fingerprint density at radius 3 is 1.61 bits per heavy atom. The molecule has 12 heteroatoms. The van der Waals surface area contributed by atoms with Gasteiger partial charge in [-0.1, -0.05) is 6.42 Å². The number of rotatable bonds is 19. The molecule has 0 aromatic heterocycles. The van der Waals surface area contributed by atoms with E-state index in [1.54, 1.807) is 0 Å². The Morgan fingerprint density at radius 2 is 1.12 bits per heavy atom. The van der Waals surface area contributed by atoms with Crippen molar-refractivity contribution in [3.63, 3.8) is 0 Å². The molecule has 0 rings (SSSR count).